The molecule has 2 aliphatic rings. The second kappa shape index (κ2) is 6.70. The van der Waals surface area contributed by atoms with Crippen LogP contribution in [-0.4, -0.2) is 43.3 Å². The zero-order valence-corrected chi connectivity index (χ0v) is 13.3. The Kier molecular flexibility index (Phi) is 2.02. The maximum absolute atomic E-state index is 11.3. The molecule has 0 saturated carbocycles. The first-order valence-electron chi connectivity index (χ1n) is 13.7. The van der Waals surface area contributed by atoms with Crippen molar-refractivity contribution >= 4 is 0 Å². The summed E-state index contributed by atoms with van der Waals surface area (Å²) in [7, 11) is 2.64. The number of nitrogens with zero attached hydrogens (tertiary/aromatic N) is 1. The van der Waals surface area contributed by atoms with Gasteiger partial charge in [0.1, 0.15) is 0 Å². The minimum atomic E-state index is -4.07. The standard InChI is InChI=1S/C19H29NO3/c1-12(2)7-14-11-20-6-5-13-8-18(22-3)19(23-4)9-15(13)16(20)10-17(14)21/h8-9,12,14,16-17,21H,5-7,10-11H2,1-4H3/i1D3,7D2,10D2,11D2,12D,14D,16D,17D. The highest BCUT2D eigenvalue weighted by Crippen LogP contribution is 2.43. The van der Waals surface area contributed by atoms with Crippen molar-refractivity contribution in [1.82, 2.24) is 4.90 Å². The molecule has 4 atom stereocenters. The molecule has 0 aliphatic carbocycles. The second-order valence-electron chi connectivity index (χ2n) is 5.32. The Morgan fingerprint density at radius 1 is 1.52 bits per heavy atom. The van der Waals surface area contributed by atoms with Gasteiger partial charge in [-0.1, -0.05) is 13.8 Å². The van der Waals surface area contributed by atoms with Gasteiger partial charge < -0.3 is 14.6 Å². The van der Waals surface area contributed by atoms with Gasteiger partial charge in [-0.25, -0.2) is 0 Å². The van der Waals surface area contributed by atoms with Crippen LogP contribution in [0.1, 0.15) is 61.5 Å². The third-order valence-corrected chi connectivity index (χ3v) is 3.77. The van der Waals surface area contributed by atoms with Gasteiger partial charge in [0.05, 0.1) is 23.0 Å². The van der Waals surface area contributed by atoms with Crippen LogP contribution >= 0.6 is 0 Å². The molecule has 4 heteroatoms. The number of benzene rings is 1. The van der Waals surface area contributed by atoms with Crippen LogP contribution in [0.5, 0.6) is 11.5 Å². The smallest absolute Gasteiger partial charge is 0.161 e. The molecule has 1 N–H and O–H groups in total. The van der Waals surface area contributed by atoms with Gasteiger partial charge in [0, 0.05) is 34.1 Å². The molecule has 0 aromatic heterocycles. The molecule has 2 heterocycles. The fourth-order valence-electron chi connectivity index (χ4n) is 2.72. The summed E-state index contributed by atoms with van der Waals surface area (Å²) < 4.78 is 121. The summed E-state index contributed by atoms with van der Waals surface area (Å²) in [6.45, 7) is -6.83. The van der Waals surface area contributed by atoms with E-state index in [9.17, 15) is 6.48 Å². The monoisotopic (exact) mass is 332 g/mol. The Hall–Kier alpha value is -1.26. The Morgan fingerprint density at radius 2 is 2.26 bits per heavy atom. The van der Waals surface area contributed by atoms with Gasteiger partial charge in [-0.3, -0.25) is 4.90 Å². The van der Waals surface area contributed by atoms with E-state index in [0.717, 1.165) is 0 Å². The lowest BCUT2D eigenvalue weighted by Gasteiger charge is -2.46. The lowest BCUT2D eigenvalue weighted by atomic mass is 9.79. The van der Waals surface area contributed by atoms with Crippen LogP contribution in [0, 0.1) is 11.8 Å². The van der Waals surface area contributed by atoms with Crippen molar-refractivity contribution in [1.29, 1.82) is 0 Å². The number of methoxy groups -OCH3 is 2. The highest BCUT2D eigenvalue weighted by atomic mass is 16.5. The van der Waals surface area contributed by atoms with E-state index in [4.69, 9.17) is 25.9 Å². The highest BCUT2D eigenvalue weighted by molar-refractivity contribution is 5.49. The average Bonchev–Trinajstić information content (AvgIpc) is 2.75. The van der Waals surface area contributed by atoms with Gasteiger partial charge in [0.2, 0.25) is 0 Å². The highest BCUT2D eigenvalue weighted by Gasteiger charge is 2.38. The predicted molar refractivity (Wildman–Crippen MR) is 91.1 cm³/mol. The molecular weight excluding hydrogens is 290 g/mol. The van der Waals surface area contributed by atoms with E-state index in [-0.39, 0.29) is 23.5 Å². The quantitative estimate of drug-likeness (QED) is 0.920. The molecule has 1 saturated heterocycles. The van der Waals surface area contributed by atoms with Crippen LogP contribution < -0.4 is 9.47 Å². The van der Waals surface area contributed by atoms with Crippen LogP contribution in [0.25, 0.3) is 0 Å². The number of piperidine rings is 1. The Labute approximate surface area is 157 Å². The van der Waals surface area contributed by atoms with Crippen molar-refractivity contribution in [2.24, 2.45) is 11.8 Å². The topological polar surface area (TPSA) is 41.9 Å². The molecular formula is C19H29NO3. The fourth-order valence-corrected chi connectivity index (χ4v) is 2.72. The van der Waals surface area contributed by atoms with E-state index in [1.807, 2.05) is 0 Å². The molecule has 23 heavy (non-hydrogen) atoms. The number of fused-ring (bicyclic) bond motifs is 3. The van der Waals surface area contributed by atoms with E-state index < -0.39 is 56.5 Å². The van der Waals surface area contributed by atoms with Crippen LogP contribution in [0.2, 0.25) is 0 Å². The zero-order chi connectivity index (χ0) is 28.1. The summed E-state index contributed by atoms with van der Waals surface area (Å²) in [6, 6.07) is -0.229. The molecule has 3 rings (SSSR count). The summed E-state index contributed by atoms with van der Waals surface area (Å²) in [5.41, 5.74) is 0.126. The minimum absolute atomic E-state index is 0.0150. The van der Waals surface area contributed by atoms with Gasteiger partial charge in [-0.05, 0) is 54.2 Å². The van der Waals surface area contributed by atoms with Gasteiger partial charge in [0.25, 0.3) is 0 Å². The SMILES string of the molecule is [2H]C([2H])([2H])C([2H])(C)C([2H])([2H])C1([2H])C([2H])([2H])N2CCc3cc(OC)c(OC)cc3C2([2H])C([2H])([2H])C1([2H])O. The molecule has 128 valence electrons. The lowest BCUT2D eigenvalue weighted by Crippen LogP contribution is -2.48. The van der Waals surface area contributed by atoms with Crippen molar-refractivity contribution in [2.45, 2.75) is 45.0 Å². The van der Waals surface area contributed by atoms with Crippen molar-refractivity contribution in [3.63, 3.8) is 0 Å². The molecule has 0 amide bonds. The zero-order valence-electron chi connectivity index (χ0n) is 26.3. The largest absolute Gasteiger partial charge is 0.493 e. The number of hydrogen-bond acceptors (Lipinski definition) is 4. The van der Waals surface area contributed by atoms with Crippen LogP contribution in [0.15, 0.2) is 12.1 Å². The Bertz CT molecular complexity index is 1060. The molecule has 1 aromatic rings. The van der Waals surface area contributed by atoms with Crippen molar-refractivity contribution in [3.8, 4) is 11.5 Å². The van der Waals surface area contributed by atoms with E-state index in [1.165, 1.54) is 26.4 Å². The first kappa shape index (κ1) is 6.93. The van der Waals surface area contributed by atoms with Crippen LogP contribution in [-0.2, 0) is 6.42 Å². The minimum Gasteiger partial charge on any atom is -0.493 e. The summed E-state index contributed by atoms with van der Waals surface area (Å²) >= 11 is 0. The number of hydrogen-bond donors (Lipinski definition) is 1. The normalized spacial score (nSPS) is 53.5. The summed E-state index contributed by atoms with van der Waals surface area (Å²) in [4.78, 5) is 0.525. The first-order chi connectivity index (χ1) is 16.0. The summed E-state index contributed by atoms with van der Waals surface area (Å²) in [5, 5.41) is 11.3. The Balaban J connectivity index is 2.41. The van der Waals surface area contributed by atoms with E-state index in [0.29, 0.717) is 17.4 Å². The van der Waals surface area contributed by atoms with Crippen molar-refractivity contribution < 1.29 is 32.4 Å². The third kappa shape index (κ3) is 3.20. The van der Waals surface area contributed by atoms with E-state index in [1.54, 1.807) is 0 Å². The second-order valence-corrected chi connectivity index (χ2v) is 5.32. The molecule has 2 aliphatic heterocycles. The summed E-state index contributed by atoms with van der Waals surface area (Å²) in [5.74, 6) is -6.89. The Morgan fingerprint density at radius 3 is 2.96 bits per heavy atom. The average molecular weight is 333 g/mol. The van der Waals surface area contributed by atoms with Gasteiger partial charge >= 0.3 is 0 Å². The molecule has 0 bridgehead atoms. The molecule has 4 nitrogen and oxygen atoms in total. The molecule has 1 fully saturated rings. The van der Waals surface area contributed by atoms with Crippen LogP contribution in [0.3, 0.4) is 0 Å². The third-order valence-electron chi connectivity index (χ3n) is 3.77. The van der Waals surface area contributed by atoms with Crippen molar-refractivity contribution in [2.75, 3.05) is 27.3 Å². The van der Waals surface area contributed by atoms with Crippen LogP contribution in [0.4, 0.5) is 0 Å². The maximum Gasteiger partial charge on any atom is 0.161 e. The number of rotatable bonds is 4. The number of ether oxygens (including phenoxy) is 2. The number of aliphatic hydroxyl groups is 1. The predicted octanol–water partition coefficient (Wildman–Crippen LogP) is 3.03. The lowest BCUT2D eigenvalue weighted by molar-refractivity contribution is -0.0191. The molecule has 0 radical (unpaired) electrons. The van der Waals surface area contributed by atoms with Gasteiger partial charge in [-0.15, -0.1) is 0 Å². The van der Waals surface area contributed by atoms with E-state index >= 15 is 0 Å². The van der Waals surface area contributed by atoms with Crippen molar-refractivity contribution in [3.05, 3.63) is 23.3 Å². The van der Waals surface area contributed by atoms with Gasteiger partial charge in [-0.2, -0.15) is 0 Å². The summed E-state index contributed by atoms with van der Waals surface area (Å²) in [6.07, 6.45) is -11.5. The van der Waals surface area contributed by atoms with E-state index in [2.05, 4.69) is 0 Å². The molecule has 4 unspecified atom stereocenters. The maximum atomic E-state index is 11.3. The molecule has 1 aromatic carbocycles. The molecule has 0 spiro atoms. The van der Waals surface area contributed by atoms with Gasteiger partial charge in [0.15, 0.2) is 11.5 Å². The first-order valence-corrected chi connectivity index (χ1v) is 7.22. The fraction of sp³-hybridized carbons (Fsp3) is 0.684.